The van der Waals surface area contributed by atoms with Gasteiger partial charge in [-0.15, -0.1) is 0 Å². The lowest BCUT2D eigenvalue weighted by atomic mass is 10.0. The topological polar surface area (TPSA) is 108 Å². The number of H-pyrrole nitrogens is 1. The van der Waals surface area contributed by atoms with Gasteiger partial charge in [0.25, 0.3) is 5.91 Å². The van der Waals surface area contributed by atoms with E-state index in [1.54, 1.807) is 13.1 Å². The molecule has 1 atom stereocenters. The van der Waals surface area contributed by atoms with Gasteiger partial charge in [-0.05, 0) is 24.6 Å². The lowest BCUT2D eigenvalue weighted by Crippen LogP contribution is -2.42. The Balaban J connectivity index is 1.80. The molecule has 0 radical (unpaired) electrons. The van der Waals surface area contributed by atoms with Crippen LogP contribution in [0, 0.1) is 6.92 Å². The van der Waals surface area contributed by atoms with Gasteiger partial charge in [0.2, 0.25) is 0 Å². The first kappa shape index (κ1) is 15.7. The zero-order valence-electron chi connectivity index (χ0n) is 13.0. The number of rotatable bonds is 5. The quantitative estimate of drug-likeness (QED) is 0.662. The molecule has 1 unspecified atom stereocenters. The molecule has 0 saturated carbocycles. The van der Waals surface area contributed by atoms with Crippen LogP contribution < -0.4 is 5.32 Å². The molecule has 0 spiro atoms. The third-order valence-electron chi connectivity index (χ3n) is 3.74. The van der Waals surface area contributed by atoms with Crippen LogP contribution in [-0.2, 0) is 11.2 Å². The van der Waals surface area contributed by atoms with E-state index in [1.165, 1.54) is 12.4 Å². The number of fused-ring (bicyclic) bond motifs is 1. The molecule has 3 aromatic rings. The van der Waals surface area contributed by atoms with Crippen molar-refractivity contribution in [1.29, 1.82) is 0 Å². The van der Waals surface area contributed by atoms with E-state index < -0.39 is 17.9 Å². The Hall–Kier alpha value is -3.22. The molecule has 3 rings (SSSR count). The predicted molar refractivity (Wildman–Crippen MR) is 87.7 cm³/mol. The normalized spacial score (nSPS) is 12.0. The number of hydrogen-bond donors (Lipinski definition) is 3. The highest BCUT2D eigenvalue weighted by Gasteiger charge is 2.23. The van der Waals surface area contributed by atoms with Crippen molar-refractivity contribution in [3.05, 3.63) is 59.8 Å². The number of nitrogens with one attached hydrogen (secondary N) is 2. The number of hydrogen-bond acceptors (Lipinski definition) is 4. The van der Waals surface area contributed by atoms with Gasteiger partial charge in [0.15, 0.2) is 0 Å². The number of carboxylic acids is 1. The van der Waals surface area contributed by atoms with Crippen molar-refractivity contribution in [3.63, 3.8) is 0 Å². The highest BCUT2D eigenvalue weighted by molar-refractivity contribution is 5.95. The Kier molecular flexibility index (Phi) is 4.24. The van der Waals surface area contributed by atoms with Crippen LogP contribution in [0.3, 0.4) is 0 Å². The molecule has 0 bridgehead atoms. The van der Waals surface area contributed by atoms with Gasteiger partial charge in [-0.1, -0.05) is 18.2 Å². The minimum absolute atomic E-state index is 0.146. The van der Waals surface area contributed by atoms with Gasteiger partial charge < -0.3 is 15.4 Å². The van der Waals surface area contributed by atoms with Gasteiger partial charge in [0.1, 0.15) is 18.1 Å². The third kappa shape index (κ3) is 3.24. The number of aliphatic carboxylic acids is 1. The van der Waals surface area contributed by atoms with E-state index >= 15 is 0 Å². The minimum atomic E-state index is -1.10. The van der Waals surface area contributed by atoms with Crippen molar-refractivity contribution in [2.24, 2.45) is 0 Å². The molecule has 7 nitrogen and oxygen atoms in total. The maximum absolute atomic E-state index is 12.2. The van der Waals surface area contributed by atoms with Gasteiger partial charge in [-0.25, -0.2) is 14.8 Å². The fourth-order valence-corrected chi connectivity index (χ4v) is 2.53. The summed E-state index contributed by atoms with van der Waals surface area (Å²) >= 11 is 0. The summed E-state index contributed by atoms with van der Waals surface area (Å²) in [4.78, 5) is 34.7. The molecule has 2 heterocycles. The maximum atomic E-state index is 12.2. The summed E-state index contributed by atoms with van der Waals surface area (Å²) in [5.41, 5.74) is 2.54. The SMILES string of the molecule is Cc1cc(C(=O)NC(Cc2c[nH]c3ccccc23)C(=O)O)ncn1. The van der Waals surface area contributed by atoms with E-state index in [0.717, 1.165) is 16.5 Å². The molecule has 2 aromatic heterocycles. The molecule has 0 aliphatic carbocycles. The van der Waals surface area contributed by atoms with E-state index in [1.807, 2.05) is 24.3 Å². The summed E-state index contributed by atoms with van der Waals surface area (Å²) in [5, 5.41) is 12.9. The number of amides is 1. The summed E-state index contributed by atoms with van der Waals surface area (Å²) in [6.45, 7) is 1.74. The fraction of sp³-hybridized carbons (Fsp3) is 0.176. The highest BCUT2D eigenvalue weighted by Crippen LogP contribution is 2.19. The van der Waals surface area contributed by atoms with Crippen molar-refractivity contribution in [3.8, 4) is 0 Å². The molecular weight excluding hydrogens is 308 g/mol. The average Bonchev–Trinajstić information content (AvgIpc) is 2.97. The van der Waals surface area contributed by atoms with Crippen LogP contribution in [0.15, 0.2) is 42.9 Å². The van der Waals surface area contributed by atoms with Crippen LogP contribution in [0.25, 0.3) is 10.9 Å². The number of carbonyl (C=O) groups is 2. The molecular formula is C17H16N4O3. The van der Waals surface area contributed by atoms with Gasteiger partial charge in [-0.3, -0.25) is 4.79 Å². The van der Waals surface area contributed by atoms with E-state index in [-0.39, 0.29) is 12.1 Å². The van der Waals surface area contributed by atoms with Crippen LogP contribution >= 0.6 is 0 Å². The number of carbonyl (C=O) groups excluding carboxylic acids is 1. The molecule has 0 saturated heterocycles. The summed E-state index contributed by atoms with van der Waals surface area (Å²) in [6, 6.07) is 8.08. The number of carboxylic acid groups (broad SMARTS) is 1. The van der Waals surface area contributed by atoms with E-state index in [0.29, 0.717) is 5.69 Å². The van der Waals surface area contributed by atoms with Gasteiger partial charge >= 0.3 is 5.97 Å². The molecule has 1 amide bonds. The van der Waals surface area contributed by atoms with Crippen LogP contribution in [0.1, 0.15) is 21.7 Å². The molecule has 24 heavy (non-hydrogen) atoms. The Bertz CT molecular complexity index is 903. The standard InChI is InChI=1S/C17H16N4O3/c1-10-6-14(20-9-19-10)16(22)21-15(17(23)24)7-11-8-18-13-5-3-2-4-12(11)13/h2-6,8-9,15,18H,7H2,1H3,(H,21,22)(H,23,24). The predicted octanol–water partition coefficient (Wildman–Crippen LogP) is 1.69. The highest BCUT2D eigenvalue weighted by atomic mass is 16.4. The lowest BCUT2D eigenvalue weighted by Gasteiger charge is -2.14. The number of para-hydroxylation sites is 1. The minimum Gasteiger partial charge on any atom is -0.480 e. The van der Waals surface area contributed by atoms with Crippen LogP contribution in [0.4, 0.5) is 0 Å². The number of aromatic amines is 1. The monoisotopic (exact) mass is 324 g/mol. The Morgan fingerprint density at radius 2 is 2.08 bits per heavy atom. The number of benzene rings is 1. The fourth-order valence-electron chi connectivity index (χ4n) is 2.53. The Morgan fingerprint density at radius 1 is 1.29 bits per heavy atom. The number of aryl methyl sites for hydroxylation is 1. The Labute approximate surface area is 137 Å². The molecule has 122 valence electrons. The first-order valence-corrected chi connectivity index (χ1v) is 7.42. The van der Waals surface area contributed by atoms with Gasteiger partial charge in [0, 0.05) is 29.2 Å². The third-order valence-corrected chi connectivity index (χ3v) is 3.74. The van der Waals surface area contributed by atoms with Crippen LogP contribution in [-0.4, -0.2) is 38.0 Å². The molecule has 7 heteroatoms. The molecule has 0 fully saturated rings. The van der Waals surface area contributed by atoms with Gasteiger partial charge in [-0.2, -0.15) is 0 Å². The molecule has 3 N–H and O–H groups in total. The van der Waals surface area contributed by atoms with E-state index in [4.69, 9.17) is 0 Å². The second kappa shape index (κ2) is 6.49. The van der Waals surface area contributed by atoms with Gasteiger partial charge in [0.05, 0.1) is 0 Å². The largest absolute Gasteiger partial charge is 0.480 e. The van der Waals surface area contributed by atoms with Crippen molar-refractivity contribution in [2.45, 2.75) is 19.4 Å². The van der Waals surface area contributed by atoms with Crippen LogP contribution in [0.5, 0.6) is 0 Å². The molecule has 0 aliphatic rings. The average molecular weight is 324 g/mol. The maximum Gasteiger partial charge on any atom is 0.326 e. The van der Waals surface area contributed by atoms with Crippen molar-refractivity contribution < 1.29 is 14.7 Å². The summed E-state index contributed by atoms with van der Waals surface area (Å²) in [6.07, 6.45) is 3.22. The first-order chi connectivity index (χ1) is 11.5. The van der Waals surface area contributed by atoms with Crippen molar-refractivity contribution in [2.75, 3.05) is 0 Å². The molecule has 1 aromatic carbocycles. The zero-order chi connectivity index (χ0) is 17.1. The van der Waals surface area contributed by atoms with Crippen molar-refractivity contribution in [1.82, 2.24) is 20.3 Å². The smallest absolute Gasteiger partial charge is 0.326 e. The lowest BCUT2D eigenvalue weighted by molar-refractivity contribution is -0.139. The van der Waals surface area contributed by atoms with E-state index in [9.17, 15) is 14.7 Å². The summed E-state index contributed by atoms with van der Waals surface area (Å²) < 4.78 is 0. The first-order valence-electron chi connectivity index (χ1n) is 7.42. The van der Waals surface area contributed by atoms with Crippen LogP contribution in [0.2, 0.25) is 0 Å². The number of nitrogens with zero attached hydrogens (tertiary/aromatic N) is 2. The Morgan fingerprint density at radius 3 is 2.83 bits per heavy atom. The second-order valence-electron chi connectivity index (χ2n) is 5.47. The second-order valence-corrected chi connectivity index (χ2v) is 5.47. The number of aromatic nitrogens is 3. The summed E-state index contributed by atoms with van der Waals surface area (Å²) in [7, 11) is 0. The van der Waals surface area contributed by atoms with Crippen molar-refractivity contribution >= 4 is 22.8 Å². The van der Waals surface area contributed by atoms with E-state index in [2.05, 4.69) is 20.3 Å². The summed E-state index contributed by atoms with van der Waals surface area (Å²) in [5.74, 6) is -1.63. The zero-order valence-corrected chi connectivity index (χ0v) is 13.0. The molecule has 0 aliphatic heterocycles.